The van der Waals surface area contributed by atoms with Gasteiger partial charge in [0.1, 0.15) is 5.82 Å². The molecule has 3 rings (SSSR count). The zero-order valence-electron chi connectivity index (χ0n) is 14.4. The van der Waals surface area contributed by atoms with Crippen LogP contribution in [0.15, 0.2) is 30.3 Å². The summed E-state index contributed by atoms with van der Waals surface area (Å²) in [5.41, 5.74) is 2.75. The number of hydrogen-bond donors (Lipinski definition) is 1. The quantitative estimate of drug-likeness (QED) is 0.929. The van der Waals surface area contributed by atoms with Gasteiger partial charge in [-0.3, -0.25) is 4.79 Å². The van der Waals surface area contributed by atoms with Crippen LogP contribution in [0.5, 0.6) is 0 Å². The lowest BCUT2D eigenvalue weighted by Gasteiger charge is -2.31. The van der Waals surface area contributed by atoms with Crippen molar-refractivity contribution in [3.8, 4) is 11.3 Å². The molecular weight excluding hydrogens is 318 g/mol. The molecule has 6 nitrogen and oxygen atoms in total. The Labute approximate surface area is 146 Å². The lowest BCUT2D eigenvalue weighted by molar-refractivity contribution is -0.130. The number of rotatable bonds is 3. The van der Waals surface area contributed by atoms with Crippen LogP contribution in [0.1, 0.15) is 47.6 Å². The first-order chi connectivity index (χ1) is 11.9. The molecule has 2 aromatic rings. The van der Waals surface area contributed by atoms with Gasteiger partial charge in [-0.25, -0.2) is 14.8 Å². The predicted octanol–water partition coefficient (Wildman–Crippen LogP) is 2.88. The Morgan fingerprint density at radius 1 is 1.20 bits per heavy atom. The maximum absolute atomic E-state index is 11.7. The fourth-order valence-corrected chi connectivity index (χ4v) is 3.18. The molecule has 1 saturated heterocycles. The summed E-state index contributed by atoms with van der Waals surface area (Å²) in [5, 5.41) is 9.02. The fourth-order valence-electron chi connectivity index (χ4n) is 3.18. The molecule has 1 amide bonds. The van der Waals surface area contributed by atoms with Crippen LogP contribution in [-0.2, 0) is 4.79 Å². The van der Waals surface area contributed by atoms with Crippen LogP contribution in [0.2, 0.25) is 0 Å². The van der Waals surface area contributed by atoms with Gasteiger partial charge in [-0.2, -0.15) is 0 Å². The number of aromatic carboxylic acids is 1. The standard InChI is InChI=1S/C19H21N3O3/c1-12-10-17(14-5-7-15(8-6-14)19(24)25)21-18(20-12)16-4-3-9-22(11-16)13(2)23/h5-8,10,16H,3-4,9,11H2,1-2H3,(H,24,25). The maximum Gasteiger partial charge on any atom is 0.335 e. The average molecular weight is 339 g/mol. The molecule has 25 heavy (non-hydrogen) atoms. The third-order valence-corrected chi connectivity index (χ3v) is 4.53. The van der Waals surface area contributed by atoms with Crippen molar-refractivity contribution in [3.63, 3.8) is 0 Å². The summed E-state index contributed by atoms with van der Waals surface area (Å²) in [6.45, 7) is 4.96. The van der Waals surface area contributed by atoms with E-state index >= 15 is 0 Å². The molecule has 1 fully saturated rings. The summed E-state index contributed by atoms with van der Waals surface area (Å²) in [4.78, 5) is 33.8. The van der Waals surface area contributed by atoms with Crippen LogP contribution in [0, 0.1) is 6.92 Å². The molecule has 1 N–H and O–H groups in total. The van der Waals surface area contributed by atoms with E-state index < -0.39 is 5.97 Å². The Bertz CT molecular complexity index is 802. The van der Waals surface area contributed by atoms with Crippen molar-refractivity contribution in [2.75, 3.05) is 13.1 Å². The van der Waals surface area contributed by atoms with Crippen LogP contribution < -0.4 is 0 Å². The number of benzene rings is 1. The van der Waals surface area contributed by atoms with E-state index in [0.29, 0.717) is 6.54 Å². The molecule has 1 aromatic heterocycles. The molecule has 1 atom stereocenters. The van der Waals surface area contributed by atoms with Gasteiger partial charge in [0, 0.05) is 37.2 Å². The first kappa shape index (κ1) is 17.1. The third kappa shape index (κ3) is 3.84. The lowest BCUT2D eigenvalue weighted by Crippen LogP contribution is -2.38. The Kier molecular flexibility index (Phi) is 4.79. The number of nitrogens with zero attached hydrogens (tertiary/aromatic N) is 3. The molecule has 0 bridgehead atoms. The van der Waals surface area contributed by atoms with E-state index in [2.05, 4.69) is 4.98 Å². The Morgan fingerprint density at radius 2 is 1.92 bits per heavy atom. The minimum Gasteiger partial charge on any atom is -0.478 e. The number of amides is 1. The number of aromatic nitrogens is 2. The van der Waals surface area contributed by atoms with Crippen molar-refractivity contribution in [2.24, 2.45) is 0 Å². The van der Waals surface area contributed by atoms with Gasteiger partial charge >= 0.3 is 5.97 Å². The van der Waals surface area contributed by atoms with E-state index in [0.717, 1.165) is 42.2 Å². The molecule has 0 spiro atoms. The topological polar surface area (TPSA) is 83.4 Å². The van der Waals surface area contributed by atoms with Crippen molar-refractivity contribution in [1.82, 2.24) is 14.9 Å². The number of hydrogen-bond acceptors (Lipinski definition) is 4. The molecular formula is C19H21N3O3. The summed E-state index contributed by atoms with van der Waals surface area (Å²) in [6.07, 6.45) is 1.91. The van der Waals surface area contributed by atoms with Gasteiger partial charge in [-0.15, -0.1) is 0 Å². The predicted molar refractivity (Wildman–Crippen MR) is 93.4 cm³/mol. The Hall–Kier alpha value is -2.76. The first-order valence-corrected chi connectivity index (χ1v) is 8.39. The SMILES string of the molecule is CC(=O)N1CCCC(c2nc(C)cc(-c3ccc(C(=O)O)cc3)n2)C1. The summed E-state index contributed by atoms with van der Waals surface area (Å²) in [5.74, 6) is 0.0253. The molecule has 1 aliphatic rings. The van der Waals surface area contributed by atoms with Gasteiger partial charge in [-0.05, 0) is 38.0 Å². The third-order valence-electron chi connectivity index (χ3n) is 4.53. The highest BCUT2D eigenvalue weighted by atomic mass is 16.4. The second kappa shape index (κ2) is 7.01. The number of carbonyl (C=O) groups is 2. The lowest BCUT2D eigenvalue weighted by atomic mass is 9.96. The largest absolute Gasteiger partial charge is 0.478 e. The van der Waals surface area contributed by atoms with Crippen LogP contribution in [0.3, 0.4) is 0 Å². The number of aryl methyl sites for hydroxylation is 1. The van der Waals surface area contributed by atoms with E-state index in [1.165, 1.54) is 0 Å². The smallest absolute Gasteiger partial charge is 0.335 e. The fraction of sp³-hybridized carbons (Fsp3) is 0.368. The van der Waals surface area contributed by atoms with Crippen molar-refractivity contribution in [3.05, 3.63) is 47.4 Å². The van der Waals surface area contributed by atoms with Gasteiger partial charge in [-0.1, -0.05) is 12.1 Å². The molecule has 0 saturated carbocycles. The van der Waals surface area contributed by atoms with E-state index in [1.54, 1.807) is 31.2 Å². The summed E-state index contributed by atoms with van der Waals surface area (Å²) < 4.78 is 0. The molecule has 0 radical (unpaired) electrons. The zero-order chi connectivity index (χ0) is 18.0. The summed E-state index contributed by atoms with van der Waals surface area (Å²) >= 11 is 0. The number of piperidine rings is 1. The molecule has 1 unspecified atom stereocenters. The van der Waals surface area contributed by atoms with Gasteiger partial charge in [0.2, 0.25) is 5.91 Å². The molecule has 1 aromatic carbocycles. The van der Waals surface area contributed by atoms with Gasteiger partial charge in [0.15, 0.2) is 0 Å². The van der Waals surface area contributed by atoms with Gasteiger partial charge in [0.25, 0.3) is 0 Å². The van der Waals surface area contributed by atoms with Crippen molar-refractivity contribution < 1.29 is 14.7 Å². The maximum atomic E-state index is 11.7. The second-order valence-electron chi connectivity index (χ2n) is 6.44. The number of carbonyl (C=O) groups excluding carboxylic acids is 1. The molecule has 130 valence electrons. The zero-order valence-corrected chi connectivity index (χ0v) is 14.4. The molecule has 2 heterocycles. The number of carboxylic acid groups (broad SMARTS) is 1. The Morgan fingerprint density at radius 3 is 2.56 bits per heavy atom. The highest BCUT2D eigenvalue weighted by Crippen LogP contribution is 2.27. The second-order valence-corrected chi connectivity index (χ2v) is 6.44. The van der Waals surface area contributed by atoms with Crippen molar-refractivity contribution in [2.45, 2.75) is 32.6 Å². The van der Waals surface area contributed by atoms with Crippen LogP contribution in [-0.4, -0.2) is 44.9 Å². The van der Waals surface area contributed by atoms with E-state index in [4.69, 9.17) is 10.1 Å². The van der Waals surface area contributed by atoms with E-state index in [1.807, 2.05) is 17.9 Å². The van der Waals surface area contributed by atoms with E-state index in [9.17, 15) is 9.59 Å². The van der Waals surface area contributed by atoms with Crippen molar-refractivity contribution in [1.29, 1.82) is 0 Å². The minimum absolute atomic E-state index is 0.0850. The summed E-state index contributed by atoms with van der Waals surface area (Å²) in [7, 11) is 0. The Balaban J connectivity index is 1.90. The highest BCUT2D eigenvalue weighted by molar-refractivity contribution is 5.88. The monoisotopic (exact) mass is 339 g/mol. The molecule has 1 aliphatic heterocycles. The normalized spacial score (nSPS) is 17.4. The summed E-state index contributed by atoms with van der Waals surface area (Å²) in [6, 6.07) is 8.57. The first-order valence-electron chi connectivity index (χ1n) is 8.39. The highest BCUT2D eigenvalue weighted by Gasteiger charge is 2.25. The number of likely N-dealkylation sites (tertiary alicyclic amines) is 1. The average Bonchev–Trinajstić information content (AvgIpc) is 2.61. The molecule has 6 heteroatoms. The van der Waals surface area contributed by atoms with E-state index in [-0.39, 0.29) is 17.4 Å². The van der Waals surface area contributed by atoms with Crippen molar-refractivity contribution >= 4 is 11.9 Å². The van der Waals surface area contributed by atoms with Gasteiger partial charge in [0.05, 0.1) is 11.3 Å². The minimum atomic E-state index is -0.947. The van der Waals surface area contributed by atoms with Gasteiger partial charge < -0.3 is 10.0 Å². The van der Waals surface area contributed by atoms with Crippen LogP contribution >= 0.6 is 0 Å². The molecule has 0 aliphatic carbocycles. The van der Waals surface area contributed by atoms with Crippen LogP contribution in [0.25, 0.3) is 11.3 Å². The number of carboxylic acids is 1. The van der Waals surface area contributed by atoms with Crippen LogP contribution in [0.4, 0.5) is 0 Å².